The van der Waals surface area contributed by atoms with Gasteiger partial charge in [-0.05, 0) is 36.4 Å². The molecule has 4 aromatic carbocycles. The number of hydrogen-bond acceptors (Lipinski definition) is 1. The van der Waals surface area contributed by atoms with Crippen LogP contribution in [0.4, 0.5) is 0 Å². The van der Waals surface area contributed by atoms with Crippen LogP contribution < -0.4 is 0 Å². The Labute approximate surface area is 160 Å². The molecule has 0 radical (unpaired) electrons. The summed E-state index contributed by atoms with van der Waals surface area (Å²) in [5.74, 6) is 0. The van der Waals surface area contributed by atoms with Crippen LogP contribution in [0.15, 0.2) is 89.3 Å². The van der Waals surface area contributed by atoms with Gasteiger partial charge in [-0.25, -0.2) is 0 Å². The van der Waals surface area contributed by atoms with E-state index in [1.54, 1.807) is 0 Å². The highest BCUT2D eigenvalue weighted by Crippen LogP contribution is 2.40. The average Bonchev–Trinajstić information content (AvgIpc) is 3.24. The fourth-order valence-electron chi connectivity index (χ4n) is 4.17. The van der Waals surface area contributed by atoms with Gasteiger partial charge in [0, 0.05) is 16.2 Å². The fraction of sp³-hybridized carbons (Fsp3) is 0. The summed E-state index contributed by atoms with van der Waals surface area (Å²) in [4.78, 5) is 0. The minimum Gasteiger partial charge on any atom is -0.456 e. The number of rotatable bonds is 1. The van der Waals surface area contributed by atoms with Gasteiger partial charge in [-0.3, -0.25) is 0 Å². The van der Waals surface area contributed by atoms with Gasteiger partial charge in [0.25, 0.3) is 0 Å². The second-order valence-corrected chi connectivity index (χ2v) is 7.14. The molecule has 2 heterocycles. The molecule has 128 valence electrons. The van der Waals surface area contributed by atoms with Gasteiger partial charge in [0.15, 0.2) is 0 Å². The summed E-state index contributed by atoms with van der Waals surface area (Å²) in [6, 6.07) is 29.0. The molecule has 0 saturated heterocycles. The van der Waals surface area contributed by atoms with E-state index in [1.165, 1.54) is 21.8 Å². The van der Waals surface area contributed by atoms with Gasteiger partial charge in [0.1, 0.15) is 11.2 Å². The number of hydrogen-bond donors (Lipinski definition) is 0. The van der Waals surface area contributed by atoms with Crippen molar-refractivity contribution in [2.24, 2.45) is 0 Å². The molecule has 0 aliphatic rings. The third-order valence-corrected chi connectivity index (χ3v) is 5.59. The number of nitrogens with zero attached hydrogens (tertiary/aromatic N) is 1. The summed E-state index contributed by atoms with van der Waals surface area (Å²) in [5.41, 5.74) is 5.08. The first-order chi connectivity index (χ1) is 13.3. The molecule has 27 heavy (non-hydrogen) atoms. The number of benzene rings is 4. The lowest BCUT2D eigenvalue weighted by molar-refractivity contribution is 0.669. The standard InChI is InChI=1S/C24H14ClNO/c25-17-9-5-13-21-23(17)24-20(12-6-14-22(24)27-21)26-18-10-3-1-7-15(18)16-8-2-4-11-19(16)26/h1-14H. The first kappa shape index (κ1) is 14.9. The van der Waals surface area contributed by atoms with E-state index in [0.717, 1.165) is 27.6 Å². The molecule has 0 atom stereocenters. The van der Waals surface area contributed by atoms with E-state index in [9.17, 15) is 0 Å². The summed E-state index contributed by atoms with van der Waals surface area (Å²) in [6.07, 6.45) is 0. The normalized spacial score (nSPS) is 11.9. The van der Waals surface area contributed by atoms with Crippen molar-refractivity contribution in [2.45, 2.75) is 0 Å². The van der Waals surface area contributed by atoms with Crippen molar-refractivity contribution in [3.63, 3.8) is 0 Å². The second kappa shape index (κ2) is 5.38. The molecule has 0 aliphatic carbocycles. The first-order valence-corrected chi connectivity index (χ1v) is 9.29. The summed E-state index contributed by atoms with van der Waals surface area (Å²) < 4.78 is 8.41. The highest BCUT2D eigenvalue weighted by molar-refractivity contribution is 6.38. The first-order valence-electron chi connectivity index (χ1n) is 8.91. The van der Waals surface area contributed by atoms with Crippen LogP contribution in [0.2, 0.25) is 5.02 Å². The van der Waals surface area contributed by atoms with Crippen LogP contribution in [0, 0.1) is 0 Å². The second-order valence-electron chi connectivity index (χ2n) is 6.74. The van der Waals surface area contributed by atoms with Crippen molar-refractivity contribution in [3.05, 3.63) is 90.0 Å². The van der Waals surface area contributed by atoms with Gasteiger partial charge < -0.3 is 8.98 Å². The Morgan fingerprint density at radius 3 is 1.89 bits per heavy atom. The Morgan fingerprint density at radius 2 is 1.19 bits per heavy atom. The van der Waals surface area contributed by atoms with Crippen LogP contribution in [0.1, 0.15) is 0 Å². The van der Waals surface area contributed by atoms with Gasteiger partial charge in [0.05, 0.1) is 27.1 Å². The Balaban J connectivity index is 1.88. The van der Waals surface area contributed by atoms with Gasteiger partial charge >= 0.3 is 0 Å². The third-order valence-electron chi connectivity index (χ3n) is 5.27. The Bertz CT molecular complexity index is 1440. The van der Waals surface area contributed by atoms with E-state index in [1.807, 2.05) is 30.3 Å². The topological polar surface area (TPSA) is 18.1 Å². The lowest BCUT2D eigenvalue weighted by Gasteiger charge is -2.09. The van der Waals surface area contributed by atoms with Crippen molar-refractivity contribution in [3.8, 4) is 5.69 Å². The van der Waals surface area contributed by atoms with Gasteiger partial charge in [-0.2, -0.15) is 0 Å². The van der Waals surface area contributed by atoms with Gasteiger partial charge in [0.2, 0.25) is 0 Å². The van der Waals surface area contributed by atoms with Crippen molar-refractivity contribution in [1.29, 1.82) is 0 Å². The fourth-order valence-corrected chi connectivity index (χ4v) is 4.44. The lowest BCUT2D eigenvalue weighted by atomic mass is 10.1. The van der Waals surface area contributed by atoms with Crippen molar-refractivity contribution in [2.75, 3.05) is 0 Å². The molecular formula is C24H14ClNO. The van der Waals surface area contributed by atoms with E-state index < -0.39 is 0 Å². The molecule has 0 N–H and O–H groups in total. The van der Waals surface area contributed by atoms with E-state index in [0.29, 0.717) is 5.02 Å². The predicted octanol–water partition coefficient (Wildman–Crippen LogP) is 7.34. The zero-order valence-corrected chi connectivity index (χ0v) is 15.1. The number of fused-ring (bicyclic) bond motifs is 6. The monoisotopic (exact) mass is 367 g/mol. The molecule has 0 amide bonds. The lowest BCUT2D eigenvalue weighted by Crippen LogP contribution is -1.94. The summed E-state index contributed by atoms with van der Waals surface area (Å²) >= 11 is 6.58. The summed E-state index contributed by atoms with van der Waals surface area (Å²) in [6.45, 7) is 0. The van der Waals surface area contributed by atoms with Gasteiger partial charge in [-0.15, -0.1) is 0 Å². The van der Waals surface area contributed by atoms with Crippen LogP contribution in [0.3, 0.4) is 0 Å². The van der Waals surface area contributed by atoms with Crippen LogP contribution in [-0.2, 0) is 0 Å². The number of halogens is 1. The number of furan rings is 1. The van der Waals surface area contributed by atoms with E-state index in [2.05, 4.69) is 59.2 Å². The zero-order chi connectivity index (χ0) is 18.0. The highest BCUT2D eigenvalue weighted by atomic mass is 35.5. The van der Waals surface area contributed by atoms with Crippen LogP contribution >= 0.6 is 11.6 Å². The van der Waals surface area contributed by atoms with E-state index in [4.69, 9.17) is 16.0 Å². The van der Waals surface area contributed by atoms with Crippen molar-refractivity contribution < 1.29 is 4.42 Å². The van der Waals surface area contributed by atoms with Crippen molar-refractivity contribution >= 4 is 55.3 Å². The number of aromatic nitrogens is 1. The van der Waals surface area contributed by atoms with Crippen LogP contribution in [-0.4, -0.2) is 4.57 Å². The predicted molar refractivity (Wildman–Crippen MR) is 113 cm³/mol. The maximum absolute atomic E-state index is 6.58. The molecule has 3 heteroatoms. The van der Waals surface area contributed by atoms with Crippen molar-refractivity contribution in [1.82, 2.24) is 4.57 Å². The smallest absolute Gasteiger partial charge is 0.137 e. The van der Waals surface area contributed by atoms with E-state index in [-0.39, 0.29) is 0 Å². The average molecular weight is 368 g/mol. The molecule has 6 aromatic rings. The third kappa shape index (κ3) is 1.96. The maximum atomic E-state index is 6.58. The van der Waals surface area contributed by atoms with Crippen LogP contribution in [0.25, 0.3) is 49.4 Å². The molecule has 0 fully saturated rings. The molecule has 6 rings (SSSR count). The van der Waals surface area contributed by atoms with E-state index >= 15 is 0 Å². The molecule has 2 aromatic heterocycles. The van der Waals surface area contributed by atoms with Crippen LogP contribution in [0.5, 0.6) is 0 Å². The summed E-state index contributed by atoms with van der Waals surface area (Å²) in [5, 5.41) is 5.20. The molecule has 0 aliphatic heterocycles. The molecular weight excluding hydrogens is 354 g/mol. The molecule has 0 saturated carbocycles. The molecule has 0 unspecified atom stereocenters. The Kier molecular flexibility index (Phi) is 2.97. The maximum Gasteiger partial charge on any atom is 0.137 e. The van der Waals surface area contributed by atoms with Gasteiger partial charge in [-0.1, -0.05) is 60.1 Å². The molecule has 0 bridgehead atoms. The minimum absolute atomic E-state index is 0.708. The largest absolute Gasteiger partial charge is 0.456 e. The quantitative estimate of drug-likeness (QED) is 0.297. The number of para-hydroxylation sites is 2. The Hall–Kier alpha value is -3.23. The Morgan fingerprint density at radius 1 is 0.593 bits per heavy atom. The summed E-state index contributed by atoms with van der Waals surface area (Å²) in [7, 11) is 0. The molecule has 0 spiro atoms. The SMILES string of the molecule is Clc1cccc2oc3cccc(-n4c5ccccc5c5ccccc54)c3c12. The molecule has 2 nitrogen and oxygen atoms in total. The minimum atomic E-state index is 0.708. The zero-order valence-electron chi connectivity index (χ0n) is 14.3. The highest BCUT2D eigenvalue weighted by Gasteiger charge is 2.18.